The van der Waals surface area contributed by atoms with Gasteiger partial charge in [-0.3, -0.25) is 9.69 Å². The minimum atomic E-state index is -0.0548. The number of carbonyl (C=O) groups excluding carboxylic acids is 1. The van der Waals surface area contributed by atoms with E-state index >= 15 is 0 Å². The Kier molecular flexibility index (Phi) is 9.46. The molecule has 0 radical (unpaired) electrons. The van der Waals surface area contributed by atoms with Crippen LogP contribution in [0.2, 0.25) is 0 Å². The highest BCUT2D eigenvalue weighted by Crippen LogP contribution is 2.24. The molecule has 3 rings (SSSR count). The van der Waals surface area contributed by atoms with E-state index in [1.807, 2.05) is 49.4 Å². The molecule has 1 aromatic heterocycles. The fourth-order valence-electron chi connectivity index (χ4n) is 3.83. The molecule has 1 heterocycles. The number of rotatable bonds is 13. The first kappa shape index (κ1) is 25.2. The van der Waals surface area contributed by atoms with Gasteiger partial charge in [0.2, 0.25) is 17.6 Å². The van der Waals surface area contributed by atoms with Crippen molar-refractivity contribution in [1.82, 2.24) is 20.4 Å². The summed E-state index contributed by atoms with van der Waals surface area (Å²) >= 11 is 0. The zero-order valence-electron chi connectivity index (χ0n) is 20.4. The summed E-state index contributed by atoms with van der Waals surface area (Å²) in [5, 5.41) is 7.11. The van der Waals surface area contributed by atoms with Gasteiger partial charge < -0.3 is 19.3 Å². The van der Waals surface area contributed by atoms with E-state index in [0.29, 0.717) is 31.3 Å². The molecule has 0 bridgehead atoms. The summed E-state index contributed by atoms with van der Waals surface area (Å²) in [4.78, 5) is 19.3. The number of aromatic nitrogens is 2. The number of carbonyl (C=O) groups is 1. The summed E-state index contributed by atoms with van der Waals surface area (Å²) in [7, 11) is 1.66. The molecule has 182 valence electrons. The van der Waals surface area contributed by atoms with Crippen LogP contribution in [0.15, 0.2) is 53.1 Å². The Bertz CT molecular complexity index is 1030. The largest absolute Gasteiger partial charge is 0.497 e. The summed E-state index contributed by atoms with van der Waals surface area (Å²) in [6.07, 6.45) is 0.652. The van der Waals surface area contributed by atoms with Gasteiger partial charge >= 0.3 is 0 Å². The lowest BCUT2D eigenvalue weighted by atomic mass is 10.0. The number of hydrogen-bond donors (Lipinski definition) is 1. The molecule has 0 aliphatic carbocycles. The van der Waals surface area contributed by atoms with Crippen LogP contribution < -0.4 is 14.8 Å². The number of ether oxygens (including phenoxy) is 2. The van der Waals surface area contributed by atoms with E-state index in [1.165, 1.54) is 0 Å². The van der Waals surface area contributed by atoms with Gasteiger partial charge in [-0.1, -0.05) is 31.1 Å². The highest BCUT2D eigenvalue weighted by molar-refractivity contribution is 5.76. The fourth-order valence-corrected chi connectivity index (χ4v) is 3.83. The van der Waals surface area contributed by atoms with E-state index in [4.69, 9.17) is 14.0 Å². The Labute approximate surface area is 201 Å². The van der Waals surface area contributed by atoms with Crippen molar-refractivity contribution in [1.29, 1.82) is 0 Å². The molecule has 0 aliphatic heterocycles. The number of nitrogens with one attached hydrogen (secondary N) is 1. The molecule has 1 atom stereocenters. The molecule has 0 spiro atoms. The molecule has 0 saturated carbocycles. The van der Waals surface area contributed by atoms with Crippen LogP contribution in [0, 0.1) is 0 Å². The molecule has 1 unspecified atom stereocenters. The lowest BCUT2D eigenvalue weighted by molar-refractivity contribution is -0.121. The Morgan fingerprint density at radius 1 is 1.09 bits per heavy atom. The van der Waals surface area contributed by atoms with Crippen molar-refractivity contribution < 1.29 is 18.8 Å². The highest BCUT2D eigenvalue weighted by Gasteiger charge is 2.20. The maximum absolute atomic E-state index is 12.6. The second-order valence-corrected chi connectivity index (χ2v) is 7.79. The quantitative estimate of drug-likeness (QED) is 0.402. The van der Waals surface area contributed by atoms with Crippen molar-refractivity contribution in [2.24, 2.45) is 0 Å². The second-order valence-electron chi connectivity index (χ2n) is 7.79. The Balaban J connectivity index is 1.56. The number of likely N-dealkylation sites (N-methyl/N-ethyl adjacent to an activating group) is 1. The van der Waals surface area contributed by atoms with Crippen LogP contribution in [0.3, 0.4) is 0 Å². The minimum Gasteiger partial charge on any atom is -0.497 e. The van der Waals surface area contributed by atoms with Crippen LogP contribution in [0.25, 0.3) is 11.4 Å². The topological polar surface area (TPSA) is 89.7 Å². The van der Waals surface area contributed by atoms with E-state index in [2.05, 4.69) is 40.3 Å². The molecule has 0 fully saturated rings. The third-order valence-electron chi connectivity index (χ3n) is 5.68. The average molecular weight is 467 g/mol. The number of benzene rings is 2. The van der Waals surface area contributed by atoms with E-state index in [9.17, 15) is 4.79 Å². The third-order valence-corrected chi connectivity index (χ3v) is 5.68. The number of hydrogen-bond acceptors (Lipinski definition) is 7. The SMILES string of the molecule is CCOc1ccc(-c2noc(CCC(=O)NCC(c3cccc(OC)c3)N(CC)CC)n2)cc1. The standard InChI is InChI=1S/C26H34N4O4/c1-5-30(6-2)23(20-9-8-10-22(17-20)32-4)18-27-24(31)15-16-25-28-26(29-34-25)19-11-13-21(14-12-19)33-7-3/h8-14,17,23H,5-7,15-16,18H2,1-4H3,(H,27,31). The van der Waals surface area contributed by atoms with Crippen LogP contribution >= 0.6 is 0 Å². The van der Waals surface area contributed by atoms with Gasteiger partial charge in [0.25, 0.3) is 0 Å². The highest BCUT2D eigenvalue weighted by atomic mass is 16.5. The summed E-state index contributed by atoms with van der Waals surface area (Å²) < 4.78 is 16.2. The fraction of sp³-hybridized carbons (Fsp3) is 0.423. The van der Waals surface area contributed by atoms with E-state index in [1.54, 1.807) is 7.11 Å². The van der Waals surface area contributed by atoms with Gasteiger partial charge in [-0.25, -0.2) is 0 Å². The van der Waals surface area contributed by atoms with E-state index < -0.39 is 0 Å². The second kappa shape index (κ2) is 12.7. The van der Waals surface area contributed by atoms with Crippen LogP contribution in [0.4, 0.5) is 0 Å². The first-order chi connectivity index (χ1) is 16.6. The summed E-state index contributed by atoms with van der Waals surface area (Å²) in [5.74, 6) is 2.48. The van der Waals surface area contributed by atoms with Crippen molar-refractivity contribution >= 4 is 5.91 Å². The normalized spacial score (nSPS) is 11.9. The lowest BCUT2D eigenvalue weighted by Gasteiger charge is -2.30. The molecule has 3 aromatic rings. The predicted molar refractivity (Wildman–Crippen MR) is 131 cm³/mol. The molecule has 1 N–H and O–H groups in total. The molecule has 0 saturated heterocycles. The maximum atomic E-state index is 12.6. The molecule has 0 aliphatic rings. The smallest absolute Gasteiger partial charge is 0.227 e. The minimum absolute atomic E-state index is 0.0548. The van der Waals surface area contributed by atoms with Gasteiger partial charge in [-0.2, -0.15) is 4.98 Å². The number of methoxy groups -OCH3 is 1. The predicted octanol–water partition coefficient (Wildman–Crippen LogP) is 4.28. The van der Waals surface area contributed by atoms with Gasteiger partial charge in [0.05, 0.1) is 19.8 Å². The zero-order valence-corrected chi connectivity index (χ0v) is 20.4. The molecular formula is C26H34N4O4. The summed E-state index contributed by atoms with van der Waals surface area (Å²) in [6, 6.07) is 15.6. The first-order valence-corrected chi connectivity index (χ1v) is 11.8. The Hall–Kier alpha value is -3.39. The van der Waals surface area contributed by atoms with Crippen LogP contribution in [-0.4, -0.2) is 54.3 Å². The van der Waals surface area contributed by atoms with Crippen molar-refractivity contribution in [3.05, 3.63) is 60.0 Å². The van der Waals surface area contributed by atoms with Gasteiger partial charge in [-0.05, 0) is 62.0 Å². The molecule has 8 heteroatoms. The Morgan fingerprint density at radius 2 is 1.85 bits per heavy atom. The molecule has 1 amide bonds. The monoisotopic (exact) mass is 466 g/mol. The van der Waals surface area contributed by atoms with Crippen molar-refractivity contribution in [2.75, 3.05) is 33.4 Å². The van der Waals surface area contributed by atoms with Crippen LogP contribution in [-0.2, 0) is 11.2 Å². The average Bonchev–Trinajstić information content (AvgIpc) is 3.35. The number of amides is 1. The summed E-state index contributed by atoms with van der Waals surface area (Å²) in [6.45, 7) is 9.07. The van der Waals surface area contributed by atoms with Gasteiger partial charge in [0.1, 0.15) is 11.5 Å². The van der Waals surface area contributed by atoms with Crippen LogP contribution in [0.5, 0.6) is 11.5 Å². The number of aryl methyl sites for hydroxylation is 1. The first-order valence-electron chi connectivity index (χ1n) is 11.8. The molecule has 2 aromatic carbocycles. The molecule has 34 heavy (non-hydrogen) atoms. The van der Waals surface area contributed by atoms with Crippen molar-refractivity contribution in [2.45, 2.75) is 39.7 Å². The van der Waals surface area contributed by atoms with Gasteiger partial charge in [-0.15, -0.1) is 0 Å². The lowest BCUT2D eigenvalue weighted by Crippen LogP contribution is -2.38. The van der Waals surface area contributed by atoms with Crippen LogP contribution in [0.1, 0.15) is 44.7 Å². The summed E-state index contributed by atoms with van der Waals surface area (Å²) in [5.41, 5.74) is 1.95. The van der Waals surface area contributed by atoms with Crippen molar-refractivity contribution in [3.8, 4) is 22.9 Å². The van der Waals surface area contributed by atoms with E-state index in [0.717, 1.165) is 35.7 Å². The van der Waals surface area contributed by atoms with E-state index in [-0.39, 0.29) is 18.4 Å². The third kappa shape index (κ3) is 6.81. The zero-order chi connectivity index (χ0) is 24.3. The Morgan fingerprint density at radius 3 is 2.53 bits per heavy atom. The van der Waals surface area contributed by atoms with Gasteiger partial charge in [0, 0.05) is 24.9 Å². The molecule has 8 nitrogen and oxygen atoms in total. The molecular weight excluding hydrogens is 432 g/mol. The number of nitrogens with zero attached hydrogens (tertiary/aromatic N) is 3. The van der Waals surface area contributed by atoms with Gasteiger partial charge in [0.15, 0.2) is 0 Å². The maximum Gasteiger partial charge on any atom is 0.227 e. The van der Waals surface area contributed by atoms with Crippen molar-refractivity contribution in [3.63, 3.8) is 0 Å².